The zero-order valence-electron chi connectivity index (χ0n) is 14.6. The Bertz CT molecular complexity index is 1090. The summed E-state index contributed by atoms with van der Waals surface area (Å²) in [5, 5.41) is 3.98. The molecule has 4 heterocycles. The minimum Gasteiger partial charge on any atom is -0.364 e. The molecule has 0 atom stereocenters. The minimum absolute atomic E-state index is 0.333. The SMILES string of the molecule is Cc1cnc2[nH]cc(Cc3ccc(NCc4ccc(F)cn4)nc3F)c2c1. The molecule has 0 aliphatic carbocycles. The summed E-state index contributed by atoms with van der Waals surface area (Å²) in [7, 11) is 0. The zero-order valence-corrected chi connectivity index (χ0v) is 14.6. The maximum atomic E-state index is 14.5. The molecule has 0 saturated carbocycles. The first kappa shape index (κ1) is 17.1. The number of halogens is 2. The van der Waals surface area contributed by atoms with Gasteiger partial charge in [-0.15, -0.1) is 0 Å². The van der Waals surface area contributed by atoms with Gasteiger partial charge in [-0.1, -0.05) is 6.07 Å². The third kappa shape index (κ3) is 3.76. The van der Waals surface area contributed by atoms with E-state index in [-0.39, 0.29) is 0 Å². The van der Waals surface area contributed by atoms with Gasteiger partial charge in [0.05, 0.1) is 18.4 Å². The lowest BCUT2D eigenvalue weighted by Gasteiger charge is -2.08. The number of aromatic nitrogens is 4. The number of fused-ring (bicyclic) bond motifs is 1. The number of nitrogens with zero attached hydrogens (tertiary/aromatic N) is 3. The van der Waals surface area contributed by atoms with Crippen LogP contribution in [0.15, 0.2) is 48.9 Å². The van der Waals surface area contributed by atoms with Crippen molar-refractivity contribution in [1.82, 2.24) is 19.9 Å². The number of pyridine rings is 3. The van der Waals surface area contributed by atoms with E-state index >= 15 is 0 Å². The lowest BCUT2D eigenvalue weighted by atomic mass is 10.1. The van der Waals surface area contributed by atoms with Gasteiger partial charge in [0.15, 0.2) is 0 Å². The van der Waals surface area contributed by atoms with E-state index in [0.29, 0.717) is 30.0 Å². The summed E-state index contributed by atoms with van der Waals surface area (Å²) in [6, 6.07) is 8.37. The molecular formula is C20H17F2N5. The van der Waals surface area contributed by atoms with Crippen LogP contribution >= 0.6 is 0 Å². The number of aromatic amines is 1. The lowest BCUT2D eigenvalue weighted by molar-refractivity contribution is 0.571. The zero-order chi connectivity index (χ0) is 18.8. The van der Waals surface area contributed by atoms with E-state index in [1.165, 1.54) is 6.07 Å². The van der Waals surface area contributed by atoms with Crippen LogP contribution in [0.25, 0.3) is 11.0 Å². The second-order valence-corrected chi connectivity index (χ2v) is 6.37. The monoisotopic (exact) mass is 365 g/mol. The summed E-state index contributed by atoms with van der Waals surface area (Å²) in [4.78, 5) is 15.4. The van der Waals surface area contributed by atoms with Gasteiger partial charge in [-0.3, -0.25) is 4.98 Å². The molecular weight excluding hydrogens is 348 g/mol. The maximum Gasteiger partial charge on any atom is 0.218 e. The van der Waals surface area contributed by atoms with Crippen LogP contribution in [-0.4, -0.2) is 19.9 Å². The highest BCUT2D eigenvalue weighted by molar-refractivity contribution is 5.80. The molecule has 27 heavy (non-hydrogen) atoms. The average Bonchev–Trinajstić information content (AvgIpc) is 3.05. The van der Waals surface area contributed by atoms with Crippen molar-refractivity contribution in [3.05, 3.63) is 83.1 Å². The van der Waals surface area contributed by atoms with Crippen LogP contribution in [0.1, 0.15) is 22.4 Å². The third-order valence-electron chi connectivity index (χ3n) is 4.30. The van der Waals surface area contributed by atoms with Crippen molar-refractivity contribution in [1.29, 1.82) is 0 Å². The van der Waals surface area contributed by atoms with Crippen LogP contribution in [-0.2, 0) is 13.0 Å². The van der Waals surface area contributed by atoms with Crippen molar-refractivity contribution in [2.75, 3.05) is 5.32 Å². The molecule has 136 valence electrons. The molecule has 0 unspecified atom stereocenters. The number of rotatable bonds is 5. The Hall–Kier alpha value is -3.35. The Morgan fingerprint density at radius 1 is 1.04 bits per heavy atom. The first-order valence-electron chi connectivity index (χ1n) is 8.51. The lowest BCUT2D eigenvalue weighted by Crippen LogP contribution is -2.05. The second kappa shape index (κ2) is 7.11. The third-order valence-corrected chi connectivity index (χ3v) is 4.30. The molecule has 0 amide bonds. The van der Waals surface area contributed by atoms with Crippen molar-refractivity contribution in [2.45, 2.75) is 19.9 Å². The smallest absolute Gasteiger partial charge is 0.218 e. The van der Waals surface area contributed by atoms with Gasteiger partial charge in [-0.2, -0.15) is 4.39 Å². The second-order valence-electron chi connectivity index (χ2n) is 6.37. The Morgan fingerprint density at radius 3 is 2.70 bits per heavy atom. The van der Waals surface area contributed by atoms with Crippen LogP contribution in [0.4, 0.5) is 14.6 Å². The first-order chi connectivity index (χ1) is 13.1. The summed E-state index contributed by atoms with van der Waals surface area (Å²) >= 11 is 0. The molecule has 4 aromatic rings. The van der Waals surface area contributed by atoms with Gasteiger partial charge in [0, 0.05) is 29.8 Å². The molecule has 0 fully saturated rings. The summed E-state index contributed by atoms with van der Waals surface area (Å²) < 4.78 is 27.3. The highest BCUT2D eigenvalue weighted by Crippen LogP contribution is 2.22. The van der Waals surface area contributed by atoms with E-state index in [9.17, 15) is 8.78 Å². The Morgan fingerprint density at radius 2 is 1.93 bits per heavy atom. The van der Waals surface area contributed by atoms with Crippen molar-refractivity contribution >= 4 is 16.9 Å². The molecule has 0 aliphatic rings. The number of aryl methyl sites for hydroxylation is 1. The van der Waals surface area contributed by atoms with Gasteiger partial charge in [0.2, 0.25) is 5.95 Å². The van der Waals surface area contributed by atoms with E-state index in [4.69, 9.17) is 0 Å². The predicted octanol–water partition coefficient (Wildman–Crippen LogP) is 4.14. The normalized spacial score (nSPS) is 11.1. The van der Waals surface area contributed by atoms with Crippen molar-refractivity contribution in [3.63, 3.8) is 0 Å². The molecule has 5 nitrogen and oxygen atoms in total. The molecule has 0 spiro atoms. The number of nitrogens with one attached hydrogen (secondary N) is 2. The topological polar surface area (TPSA) is 66.5 Å². The van der Waals surface area contributed by atoms with Gasteiger partial charge in [-0.25, -0.2) is 14.4 Å². The number of anilines is 1. The number of hydrogen-bond donors (Lipinski definition) is 2. The van der Waals surface area contributed by atoms with E-state index in [1.54, 1.807) is 24.4 Å². The average molecular weight is 365 g/mol. The maximum absolute atomic E-state index is 14.5. The van der Waals surface area contributed by atoms with Crippen LogP contribution in [0.5, 0.6) is 0 Å². The summed E-state index contributed by atoms with van der Waals surface area (Å²) in [5.41, 5.74) is 3.95. The molecule has 0 bridgehead atoms. The van der Waals surface area contributed by atoms with Crippen molar-refractivity contribution in [2.24, 2.45) is 0 Å². The fraction of sp³-hybridized carbons (Fsp3) is 0.150. The van der Waals surface area contributed by atoms with E-state index in [0.717, 1.165) is 28.4 Å². The van der Waals surface area contributed by atoms with Gasteiger partial charge in [-0.05, 0) is 42.3 Å². The van der Waals surface area contributed by atoms with Gasteiger partial charge in [0.25, 0.3) is 0 Å². The molecule has 4 aromatic heterocycles. The molecule has 0 aromatic carbocycles. The summed E-state index contributed by atoms with van der Waals surface area (Å²) in [6.07, 6.45) is 5.21. The van der Waals surface area contributed by atoms with E-state index in [2.05, 4.69) is 25.3 Å². The molecule has 4 rings (SSSR count). The fourth-order valence-corrected chi connectivity index (χ4v) is 2.90. The van der Waals surface area contributed by atoms with Crippen molar-refractivity contribution in [3.8, 4) is 0 Å². The number of hydrogen-bond acceptors (Lipinski definition) is 4. The predicted molar refractivity (Wildman–Crippen MR) is 99.4 cm³/mol. The molecule has 7 heteroatoms. The molecule has 2 N–H and O–H groups in total. The van der Waals surface area contributed by atoms with Gasteiger partial charge in [0.1, 0.15) is 17.3 Å². The van der Waals surface area contributed by atoms with Crippen LogP contribution in [0.3, 0.4) is 0 Å². The first-order valence-corrected chi connectivity index (χ1v) is 8.51. The highest BCUT2D eigenvalue weighted by Gasteiger charge is 2.11. The number of H-pyrrole nitrogens is 1. The van der Waals surface area contributed by atoms with Crippen molar-refractivity contribution < 1.29 is 8.78 Å². The Kier molecular flexibility index (Phi) is 4.50. The van der Waals surface area contributed by atoms with E-state index in [1.807, 2.05) is 19.2 Å². The highest BCUT2D eigenvalue weighted by atomic mass is 19.1. The Balaban J connectivity index is 1.49. The fourth-order valence-electron chi connectivity index (χ4n) is 2.90. The van der Waals surface area contributed by atoms with E-state index < -0.39 is 11.8 Å². The quantitative estimate of drug-likeness (QED) is 0.522. The molecule has 0 saturated heterocycles. The largest absolute Gasteiger partial charge is 0.364 e. The van der Waals surface area contributed by atoms with Gasteiger partial charge >= 0.3 is 0 Å². The molecule has 0 radical (unpaired) electrons. The minimum atomic E-state index is -0.526. The summed E-state index contributed by atoms with van der Waals surface area (Å²) in [6.45, 7) is 2.31. The van der Waals surface area contributed by atoms with Crippen LogP contribution in [0, 0.1) is 18.7 Å². The Labute approximate surface area is 154 Å². The standard InChI is InChI=1S/C20H17F2N5/c1-12-6-17-14(9-26-20(17)25-8-12)7-13-2-5-18(27-19(13)22)24-11-16-4-3-15(21)10-23-16/h2-6,8-10H,7,11H2,1H3,(H,24,27)(H,25,26). The van der Waals surface area contributed by atoms with Crippen LogP contribution in [0.2, 0.25) is 0 Å². The summed E-state index contributed by atoms with van der Waals surface area (Å²) in [5.74, 6) is -0.518. The van der Waals surface area contributed by atoms with Gasteiger partial charge < -0.3 is 10.3 Å². The molecule has 0 aliphatic heterocycles. The van der Waals surface area contributed by atoms with Crippen LogP contribution < -0.4 is 5.32 Å².